The molecule has 1 aliphatic rings. The second-order valence-electron chi connectivity index (χ2n) is 5.80. The van der Waals surface area contributed by atoms with Gasteiger partial charge >= 0.3 is 0 Å². The van der Waals surface area contributed by atoms with E-state index < -0.39 is 0 Å². The van der Waals surface area contributed by atoms with Crippen molar-refractivity contribution in [2.24, 2.45) is 0 Å². The van der Waals surface area contributed by atoms with Crippen molar-refractivity contribution >= 4 is 28.9 Å². The molecular weight excluding hydrogens is 290 g/mol. The molecule has 0 aliphatic carbocycles. The molecule has 1 fully saturated rings. The van der Waals surface area contributed by atoms with E-state index in [1.165, 1.54) is 12.0 Å². The SMILES string of the molecule is Cc1cccc(C=C(C(=O)N2CCCCC2)c2cccs2)c1. The summed E-state index contributed by atoms with van der Waals surface area (Å²) in [6.07, 6.45) is 5.51. The highest BCUT2D eigenvalue weighted by atomic mass is 32.1. The third kappa shape index (κ3) is 3.47. The lowest BCUT2D eigenvalue weighted by Crippen LogP contribution is -2.36. The van der Waals surface area contributed by atoms with Crippen LogP contribution in [0, 0.1) is 6.92 Å². The minimum atomic E-state index is 0.170. The Balaban J connectivity index is 1.95. The average Bonchev–Trinajstić information content (AvgIpc) is 3.07. The number of carbonyl (C=O) groups excluding carboxylic acids is 1. The van der Waals surface area contributed by atoms with E-state index >= 15 is 0 Å². The molecule has 1 aromatic carbocycles. The average molecular weight is 311 g/mol. The summed E-state index contributed by atoms with van der Waals surface area (Å²) in [5, 5.41) is 2.03. The molecule has 22 heavy (non-hydrogen) atoms. The van der Waals surface area contributed by atoms with Crippen molar-refractivity contribution < 1.29 is 4.79 Å². The zero-order chi connectivity index (χ0) is 15.4. The number of hydrogen-bond donors (Lipinski definition) is 0. The molecule has 0 N–H and O–H groups in total. The fourth-order valence-electron chi connectivity index (χ4n) is 2.86. The van der Waals surface area contributed by atoms with Crippen molar-refractivity contribution in [3.8, 4) is 0 Å². The first-order valence-electron chi connectivity index (χ1n) is 7.85. The van der Waals surface area contributed by atoms with E-state index in [9.17, 15) is 4.79 Å². The predicted octanol–water partition coefficient (Wildman–Crippen LogP) is 4.61. The van der Waals surface area contributed by atoms with E-state index in [4.69, 9.17) is 0 Å². The lowest BCUT2D eigenvalue weighted by molar-refractivity contribution is -0.125. The number of aryl methyl sites for hydroxylation is 1. The van der Waals surface area contributed by atoms with Gasteiger partial charge in [-0.05, 0) is 49.3 Å². The van der Waals surface area contributed by atoms with Crippen LogP contribution in [0.25, 0.3) is 11.6 Å². The van der Waals surface area contributed by atoms with Gasteiger partial charge in [0.25, 0.3) is 5.91 Å². The largest absolute Gasteiger partial charge is 0.339 e. The van der Waals surface area contributed by atoms with Gasteiger partial charge in [0.1, 0.15) is 0 Å². The molecule has 1 aromatic heterocycles. The Hall–Kier alpha value is -1.87. The molecule has 3 rings (SSSR count). The normalized spacial score (nSPS) is 15.9. The van der Waals surface area contributed by atoms with Crippen LogP contribution in [0.4, 0.5) is 0 Å². The fraction of sp³-hybridized carbons (Fsp3) is 0.316. The van der Waals surface area contributed by atoms with Gasteiger partial charge in [0, 0.05) is 18.0 Å². The van der Waals surface area contributed by atoms with Crippen molar-refractivity contribution in [3.05, 3.63) is 57.8 Å². The smallest absolute Gasteiger partial charge is 0.255 e. The Kier molecular flexibility index (Phi) is 4.74. The van der Waals surface area contributed by atoms with Crippen LogP contribution in [-0.2, 0) is 4.79 Å². The van der Waals surface area contributed by atoms with Crippen LogP contribution >= 0.6 is 11.3 Å². The number of carbonyl (C=O) groups is 1. The van der Waals surface area contributed by atoms with Gasteiger partial charge in [-0.15, -0.1) is 11.3 Å². The lowest BCUT2D eigenvalue weighted by Gasteiger charge is -2.27. The summed E-state index contributed by atoms with van der Waals surface area (Å²) in [5.74, 6) is 0.170. The zero-order valence-electron chi connectivity index (χ0n) is 12.9. The molecule has 0 atom stereocenters. The van der Waals surface area contributed by atoms with Crippen LogP contribution in [-0.4, -0.2) is 23.9 Å². The Morgan fingerprint density at radius 1 is 1.14 bits per heavy atom. The molecule has 2 heterocycles. The number of benzene rings is 1. The molecule has 1 saturated heterocycles. The maximum atomic E-state index is 13.0. The van der Waals surface area contributed by atoms with Crippen LogP contribution in [0.2, 0.25) is 0 Å². The Labute approximate surface area is 136 Å². The summed E-state index contributed by atoms with van der Waals surface area (Å²) in [5.41, 5.74) is 3.13. The van der Waals surface area contributed by atoms with Crippen LogP contribution < -0.4 is 0 Å². The minimum Gasteiger partial charge on any atom is -0.339 e. The molecule has 0 radical (unpaired) electrons. The molecule has 2 nitrogen and oxygen atoms in total. The van der Waals surface area contributed by atoms with Crippen LogP contribution in [0.1, 0.15) is 35.3 Å². The van der Waals surface area contributed by atoms with Crippen LogP contribution in [0.5, 0.6) is 0 Å². The molecule has 0 spiro atoms. The summed E-state index contributed by atoms with van der Waals surface area (Å²) < 4.78 is 0. The maximum absolute atomic E-state index is 13.0. The molecular formula is C19H21NOS. The molecule has 114 valence electrons. The molecule has 1 aliphatic heterocycles. The van der Waals surface area contributed by atoms with Crippen LogP contribution in [0.15, 0.2) is 41.8 Å². The Morgan fingerprint density at radius 2 is 1.95 bits per heavy atom. The van der Waals surface area contributed by atoms with E-state index in [2.05, 4.69) is 25.1 Å². The van der Waals surface area contributed by atoms with E-state index in [0.717, 1.165) is 41.9 Å². The monoisotopic (exact) mass is 311 g/mol. The van der Waals surface area contributed by atoms with E-state index in [0.29, 0.717) is 0 Å². The quantitative estimate of drug-likeness (QED) is 0.758. The second kappa shape index (κ2) is 6.93. The fourth-order valence-corrected chi connectivity index (χ4v) is 3.60. The van der Waals surface area contributed by atoms with Gasteiger partial charge < -0.3 is 4.90 Å². The second-order valence-corrected chi connectivity index (χ2v) is 6.75. The molecule has 3 heteroatoms. The summed E-state index contributed by atoms with van der Waals surface area (Å²) in [6.45, 7) is 3.85. The van der Waals surface area contributed by atoms with Crippen molar-refractivity contribution in [2.75, 3.05) is 13.1 Å². The lowest BCUT2D eigenvalue weighted by atomic mass is 10.0. The topological polar surface area (TPSA) is 20.3 Å². The first-order valence-corrected chi connectivity index (χ1v) is 8.73. The summed E-state index contributed by atoms with van der Waals surface area (Å²) in [7, 11) is 0. The number of rotatable bonds is 3. The van der Waals surface area contributed by atoms with E-state index in [1.807, 2.05) is 34.6 Å². The predicted molar refractivity (Wildman–Crippen MR) is 93.8 cm³/mol. The number of likely N-dealkylation sites (tertiary alicyclic amines) is 1. The highest BCUT2D eigenvalue weighted by Gasteiger charge is 2.22. The Bertz CT molecular complexity index is 667. The van der Waals surface area contributed by atoms with Gasteiger partial charge in [-0.2, -0.15) is 0 Å². The molecule has 0 unspecified atom stereocenters. The zero-order valence-corrected chi connectivity index (χ0v) is 13.7. The van der Waals surface area contributed by atoms with Gasteiger partial charge in [-0.3, -0.25) is 4.79 Å². The van der Waals surface area contributed by atoms with Gasteiger partial charge in [0.15, 0.2) is 0 Å². The third-order valence-electron chi connectivity index (χ3n) is 4.01. The number of hydrogen-bond acceptors (Lipinski definition) is 2. The molecule has 0 bridgehead atoms. The first-order chi connectivity index (χ1) is 10.7. The van der Waals surface area contributed by atoms with E-state index in [1.54, 1.807) is 11.3 Å². The van der Waals surface area contributed by atoms with Crippen molar-refractivity contribution in [1.82, 2.24) is 4.90 Å². The van der Waals surface area contributed by atoms with Gasteiger partial charge in [0.2, 0.25) is 0 Å². The standard InChI is InChI=1S/C19H21NOS/c1-15-7-5-8-16(13-15)14-17(18-9-6-12-22-18)19(21)20-10-3-2-4-11-20/h5-9,12-14H,2-4,10-11H2,1H3. The number of piperidine rings is 1. The van der Waals surface area contributed by atoms with Crippen LogP contribution in [0.3, 0.4) is 0 Å². The third-order valence-corrected chi connectivity index (χ3v) is 4.92. The molecule has 1 amide bonds. The summed E-state index contributed by atoms with van der Waals surface area (Å²) in [4.78, 5) is 16.0. The summed E-state index contributed by atoms with van der Waals surface area (Å²) in [6, 6.07) is 12.3. The van der Waals surface area contributed by atoms with E-state index in [-0.39, 0.29) is 5.91 Å². The number of thiophene rings is 1. The van der Waals surface area contributed by atoms with Crippen molar-refractivity contribution in [3.63, 3.8) is 0 Å². The van der Waals surface area contributed by atoms with Gasteiger partial charge in [0.05, 0.1) is 5.57 Å². The molecule has 0 saturated carbocycles. The number of nitrogens with zero attached hydrogens (tertiary/aromatic N) is 1. The number of amides is 1. The molecule has 2 aromatic rings. The van der Waals surface area contributed by atoms with Crippen molar-refractivity contribution in [1.29, 1.82) is 0 Å². The van der Waals surface area contributed by atoms with Gasteiger partial charge in [-0.1, -0.05) is 35.9 Å². The van der Waals surface area contributed by atoms with Gasteiger partial charge in [-0.25, -0.2) is 0 Å². The highest BCUT2D eigenvalue weighted by molar-refractivity contribution is 7.11. The summed E-state index contributed by atoms with van der Waals surface area (Å²) >= 11 is 1.63. The maximum Gasteiger partial charge on any atom is 0.255 e. The van der Waals surface area contributed by atoms with Crippen molar-refractivity contribution in [2.45, 2.75) is 26.2 Å². The Morgan fingerprint density at radius 3 is 2.64 bits per heavy atom. The first kappa shape index (κ1) is 15.0. The minimum absolute atomic E-state index is 0.170. The highest BCUT2D eigenvalue weighted by Crippen LogP contribution is 2.26.